The van der Waals surface area contributed by atoms with Crippen molar-refractivity contribution in [2.24, 2.45) is 0 Å². The zero-order valence-corrected chi connectivity index (χ0v) is 11.1. The zero-order chi connectivity index (χ0) is 11.3. The van der Waals surface area contributed by atoms with Crippen LogP contribution in [0.5, 0.6) is 0 Å². The second-order valence-electron chi connectivity index (χ2n) is 1.89. The quantitative estimate of drug-likeness (QED) is 0.541. The van der Waals surface area contributed by atoms with Crippen LogP contribution in [0.25, 0.3) is 0 Å². The summed E-state index contributed by atoms with van der Waals surface area (Å²) < 4.78 is 0. The van der Waals surface area contributed by atoms with Crippen LogP contribution in [0, 0.1) is 31.1 Å². The van der Waals surface area contributed by atoms with Crippen LogP contribution in [0.3, 0.4) is 0 Å². The topological polar surface area (TPSA) is 60.7 Å². The van der Waals surface area contributed by atoms with Crippen molar-refractivity contribution in [1.82, 2.24) is 0 Å². The first-order valence-corrected chi connectivity index (χ1v) is 3.84. The molecular formula is C10H21O3Ti. The van der Waals surface area contributed by atoms with Gasteiger partial charge in [-0.25, -0.2) is 0 Å². The van der Waals surface area contributed by atoms with E-state index in [-0.39, 0.29) is 21.7 Å². The second-order valence-corrected chi connectivity index (χ2v) is 1.89. The summed E-state index contributed by atoms with van der Waals surface area (Å²) in [6.07, 6.45) is 6.31. The predicted octanol–water partition coefficient (Wildman–Crippen LogP) is 0.625. The average molecular weight is 237 g/mol. The smallest absolute Gasteiger partial charge is 0.0319 e. The monoisotopic (exact) mass is 237 g/mol. The standard InChI is InChI=1S/C7H9.3CH4O.Ti/c1-6-4-3-5-7(6)2;3*1-2;/h3-5H,1-2H3;3*2H,1H3;. The summed E-state index contributed by atoms with van der Waals surface area (Å²) in [7, 11) is 3.00. The fraction of sp³-hybridized carbons (Fsp3) is 0.500. The number of hydrogen-bond acceptors (Lipinski definition) is 3. The van der Waals surface area contributed by atoms with Crippen molar-refractivity contribution in [3.05, 3.63) is 31.1 Å². The van der Waals surface area contributed by atoms with Crippen LogP contribution >= 0.6 is 0 Å². The molecule has 0 bridgehead atoms. The summed E-state index contributed by atoms with van der Waals surface area (Å²) in [5, 5.41) is 21.0. The Morgan fingerprint density at radius 2 is 0.929 bits per heavy atom. The third-order valence-corrected chi connectivity index (χ3v) is 1.31. The summed E-state index contributed by atoms with van der Waals surface area (Å²) in [5.41, 5.74) is 0. The Morgan fingerprint density at radius 1 is 0.714 bits per heavy atom. The summed E-state index contributed by atoms with van der Waals surface area (Å²) in [6, 6.07) is 0. The van der Waals surface area contributed by atoms with Crippen LogP contribution in [-0.2, 0) is 21.7 Å². The average Bonchev–Trinajstić information content (AvgIpc) is 2.61. The van der Waals surface area contributed by atoms with Gasteiger partial charge in [-0.2, -0.15) is 0 Å². The molecule has 0 spiro atoms. The molecule has 1 fully saturated rings. The van der Waals surface area contributed by atoms with Crippen molar-refractivity contribution in [2.45, 2.75) is 13.8 Å². The fourth-order valence-electron chi connectivity index (χ4n) is 0.600. The van der Waals surface area contributed by atoms with Gasteiger partial charge in [0.05, 0.1) is 0 Å². The van der Waals surface area contributed by atoms with Gasteiger partial charge < -0.3 is 15.3 Å². The minimum atomic E-state index is 0. The SMILES string of the molecule is CO.CO.CO.C[C]1[CH][CH][CH][C]1C.[Ti]. The number of aliphatic hydroxyl groups is 3. The molecule has 0 amide bonds. The largest absolute Gasteiger partial charge is 0.400 e. The Bertz CT molecular complexity index is 64.4. The van der Waals surface area contributed by atoms with E-state index in [1.165, 1.54) is 11.8 Å². The van der Waals surface area contributed by atoms with Crippen LogP contribution in [0.4, 0.5) is 0 Å². The van der Waals surface area contributed by atoms with Gasteiger partial charge in [-0.1, -0.05) is 13.8 Å². The van der Waals surface area contributed by atoms with E-state index in [1.54, 1.807) is 0 Å². The summed E-state index contributed by atoms with van der Waals surface area (Å²) in [6.45, 7) is 4.24. The Hall–Kier alpha value is 0.594. The Morgan fingerprint density at radius 3 is 1.00 bits per heavy atom. The van der Waals surface area contributed by atoms with Gasteiger partial charge in [0.25, 0.3) is 0 Å². The van der Waals surface area contributed by atoms with Crippen molar-refractivity contribution in [3.8, 4) is 0 Å². The molecule has 3 N–H and O–H groups in total. The van der Waals surface area contributed by atoms with E-state index in [1.807, 2.05) is 0 Å². The van der Waals surface area contributed by atoms with E-state index in [9.17, 15) is 0 Å². The van der Waals surface area contributed by atoms with E-state index in [4.69, 9.17) is 15.3 Å². The van der Waals surface area contributed by atoms with Gasteiger partial charge in [0, 0.05) is 43.0 Å². The molecule has 5 radical (unpaired) electrons. The zero-order valence-electron chi connectivity index (χ0n) is 9.57. The molecule has 0 heterocycles. The van der Waals surface area contributed by atoms with E-state index < -0.39 is 0 Å². The van der Waals surface area contributed by atoms with E-state index in [0.29, 0.717) is 0 Å². The van der Waals surface area contributed by atoms with Crippen LogP contribution in [0.1, 0.15) is 13.8 Å². The molecule has 0 unspecified atom stereocenters. The van der Waals surface area contributed by atoms with E-state index >= 15 is 0 Å². The maximum atomic E-state index is 7.00. The third-order valence-electron chi connectivity index (χ3n) is 1.31. The van der Waals surface area contributed by atoms with Gasteiger partial charge in [-0.3, -0.25) is 0 Å². The molecule has 1 aliphatic carbocycles. The minimum Gasteiger partial charge on any atom is -0.400 e. The van der Waals surface area contributed by atoms with Gasteiger partial charge in [-0.05, 0) is 31.1 Å². The number of hydrogen-bond donors (Lipinski definition) is 3. The summed E-state index contributed by atoms with van der Waals surface area (Å²) >= 11 is 0. The van der Waals surface area contributed by atoms with Crippen LogP contribution in [-0.4, -0.2) is 36.6 Å². The maximum absolute atomic E-state index is 7.00. The number of aliphatic hydroxyl groups excluding tert-OH is 3. The molecule has 1 rings (SSSR count). The Balaban J connectivity index is -0.0000000625. The van der Waals surface area contributed by atoms with Gasteiger partial charge in [0.2, 0.25) is 0 Å². The molecule has 0 aromatic carbocycles. The fourth-order valence-corrected chi connectivity index (χ4v) is 0.600. The third kappa shape index (κ3) is 15.1. The molecule has 3 nitrogen and oxygen atoms in total. The first kappa shape index (κ1) is 24.0. The van der Waals surface area contributed by atoms with E-state index in [2.05, 4.69) is 33.1 Å². The number of rotatable bonds is 0. The van der Waals surface area contributed by atoms with E-state index in [0.717, 1.165) is 21.3 Å². The molecule has 1 aliphatic rings. The molecule has 14 heavy (non-hydrogen) atoms. The summed E-state index contributed by atoms with van der Waals surface area (Å²) in [4.78, 5) is 0. The van der Waals surface area contributed by atoms with Crippen LogP contribution in [0.15, 0.2) is 0 Å². The molecule has 0 aromatic heterocycles. The van der Waals surface area contributed by atoms with Crippen LogP contribution in [0.2, 0.25) is 0 Å². The predicted molar refractivity (Wildman–Crippen MR) is 55.2 cm³/mol. The van der Waals surface area contributed by atoms with Crippen molar-refractivity contribution in [1.29, 1.82) is 0 Å². The molecule has 0 aromatic rings. The Labute approximate surface area is 103 Å². The van der Waals surface area contributed by atoms with Crippen LogP contribution < -0.4 is 0 Å². The van der Waals surface area contributed by atoms with Gasteiger partial charge in [0.15, 0.2) is 0 Å². The van der Waals surface area contributed by atoms with Crippen molar-refractivity contribution in [3.63, 3.8) is 0 Å². The van der Waals surface area contributed by atoms with Gasteiger partial charge >= 0.3 is 0 Å². The molecule has 0 atom stereocenters. The molecule has 83 valence electrons. The Kier molecular flexibility index (Phi) is 40.2. The molecular weight excluding hydrogens is 216 g/mol. The first-order chi connectivity index (χ1) is 6.30. The van der Waals surface area contributed by atoms with Gasteiger partial charge in [-0.15, -0.1) is 0 Å². The van der Waals surface area contributed by atoms with Crippen molar-refractivity contribution >= 4 is 0 Å². The first-order valence-electron chi connectivity index (χ1n) is 3.84. The maximum Gasteiger partial charge on any atom is 0.0319 e. The molecule has 0 aliphatic heterocycles. The van der Waals surface area contributed by atoms with Gasteiger partial charge in [0.1, 0.15) is 0 Å². The van der Waals surface area contributed by atoms with Crippen molar-refractivity contribution in [2.75, 3.05) is 21.3 Å². The molecule has 1 saturated carbocycles. The normalized spacial score (nSPS) is 14.6. The second kappa shape index (κ2) is 23.4. The summed E-state index contributed by atoms with van der Waals surface area (Å²) in [5.74, 6) is 2.78. The molecule has 4 heteroatoms. The molecule has 0 saturated heterocycles. The van der Waals surface area contributed by atoms with Crippen molar-refractivity contribution < 1.29 is 37.0 Å². The minimum absolute atomic E-state index is 0.